The van der Waals surface area contributed by atoms with Crippen LogP contribution >= 0.6 is 11.8 Å². The lowest BCUT2D eigenvalue weighted by atomic mass is 10.1. The molecule has 0 heterocycles. The molecule has 0 saturated heterocycles. The molecule has 2 rings (SSSR count). The average Bonchev–Trinajstić information content (AvgIpc) is 2.60. The summed E-state index contributed by atoms with van der Waals surface area (Å²) in [7, 11) is 0. The van der Waals surface area contributed by atoms with E-state index in [1.54, 1.807) is 30.8 Å². The highest BCUT2D eigenvalue weighted by Gasteiger charge is 2.16. The molecule has 2 aromatic rings. The minimum atomic E-state index is -0.737. The molecule has 0 aliphatic heterocycles. The number of thioether (sulfide) groups is 1. The molecule has 0 saturated carbocycles. The molecule has 0 spiro atoms. The quantitative estimate of drug-likeness (QED) is 0.766. The summed E-state index contributed by atoms with van der Waals surface area (Å²) in [6, 6.07) is 16.8. The third kappa shape index (κ3) is 5.30. The Morgan fingerprint density at radius 2 is 1.83 bits per heavy atom. The summed E-state index contributed by atoms with van der Waals surface area (Å²) in [6.07, 6.45) is 0.641. The van der Waals surface area contributed by atoms with Crippen molar-refractivity contribution in [2.75, 3.05) is 12.8 Å². The van der Waals surface area contributed by atoms with Gasteiger partial charge in [0.25, 0.3) is 5.91 Å². The van der Waals surface area contributed by atoms with E-state index in [0.717, 1.165) is 10.5 Å². The third-order valence-electron chi connectivity index (χ3n) is 3.40. The number of rotatable bonds is 7. The van der Waals surface area contributed by atoms with E-state index in [1.165, 1.54) is 0 Å². The fourth-order valence-electron chi connectivity index (χ4n) is 2.04. The number of amides is 1. The lowest BCUT2D eigenvalue weighted by Gasteiger charge is -2.17. The van der Waals surface area contributed by atoms with Gasteiger partial charge in [0.1, 0.15) is 5.75 Å². The standard InChI is InChI=1S/C18H21NO3S/c1-13(22-15-6-4-3-5-7-15)18(21)19-12-17(20)14-8-10-16(23-2)11-9-14/h3-11,13,17,20H,12H2,1-2H3,(H,19,21)/t13-,17-/m1/s1. The summed E-state index contributed by atoms with van der Waals surface area (Å²) in [4.78, 5) is 13.2. The van der Waals surface area contributed by atoms with Crippen LogP contribution in [-0.4, -0.2) is 29.9 Å². The van der Waals surface area contributed by atoms with E-state index in [1.807, 2.05) is 48.7 Å². The molecule has 2 atom stereocenters. The predicted octanol–water partition coefficient (Wildman–Crippen LogP) is 3.03. The monoisotopic (exact) mass is 331 g/mol. The van der Waals surface area contributed by atoms with E-state index in [9.17, 15) is 9.90 Å². The van der Waals surface area contributed by atoms with Crippen LogP contribution in [0.3, 0.4) is 0 Å². The summed E-state index contributed by atoms with van der Waals surface area (Å²) in [5.41, 5.74) is 0.778. The lowest BCUT2D eigenvalue weighted by Crippen LogP contribution is -2.38. The van der Waals surface area contributed by atoms with Crippen LogP contribution in [0.2, 0.25) is 0 Å². The summed E-state index contributed by atoms with van der Waals surface area (Å²) < 4.78 is 5.55. The number of aliphatic hydroxyl groups excluding tert-OH is 1. The Balaban J connectivity index is 1.82. The van der Waals surface area contributed by atoms with Crippen LogP contribution in [0.5, 0.6) is 5.75 Å². The molecule has 1 amide bonds. The normalized spacial score (nSPS) is 13.2. The number of carbonyl (C=O) groups excluding carboxylic acids is 1. The fourth-order valence-corrected chi connectivity index (χ4v) is 2.45. The average molecular weight is 331 g/mol. The minimum absolute atomic E-state index is 0.153. The highest BCUT2D eigenvalue weighted by Crippen LogP contribution is 2.18. The summed E-state index contributed by atoms with van der Waals surface area (Å²) >= 11 is 1.64. The molecule has 0 aliphatic carbocycles. The maximum atomic E-state index is 12.0. The van der Waals surface area contributed by atoms with E-state index in [2.05, 4.69) is 5.32 Å². The van der Waals surface area contributed by atoms with Crippen LogP contribution in [0.1, 0.15) is 18.6 Å². The van der Waals surface area contributed by atoms with Gasteiger partial charge in [-0.25, -0.2) is 0 Å². The van der Waals surface area contributed by atoms with Crippen molar-refractivity contribution in [2.24, 2.45) is 0 Å². The van der Waals surface area contributed by atoms with Gasteiger partial charge in [0.2, 0.25) is 0 Å². The zero-order chi connectivity index (χ0) is 16.7. The van der Waals surface area contributed by atoms with Crippen LogP contribution in [0.15, 0.2) is 59.5 Å². The largest absolute Gasteiger partial charge is 0.481 e. The Hall–Kier alpha value is -1.98. The second-order valence-electron chi connectivity index (χ2n) is 5.11. The van der Waals surface area contributed by atoms with Crippen molar-refractivity contribution in [1.29, 1.82) is 0 Å². The molecular weight excluding hydrogens is 310 g/mol. The van der Waals surface area contributed by atoms with Crippen molar-refractivity contribution in [3.05, 3.63) is 60.2 Å². The molecule has 122 valence electrons. The first kappa shape index (κ1) is 17.4. The molecule has 2 aromatic carbocycles. The van der Waals surface area contributed by atoms with Gasteiger partial charge in [-0.05, 0) is 43.0 Å². The van der Waals surface area contributed by atoms with Crippen LogP contribution in [0.25, 0.3) is 0 Å². The van der Waals surface area contributed by atoms with Gasteiger partial charge in [-0.1, -0.05) is 30.3 Å². The Bertz CT molecular complexity index is 616. The first-order chi connectivity index (χ1) is 11.1. The number of ether oxygens (including phenoxy) is 1. The number of hydrogen-bond donors (Lipinski definition) is 2. The molecule has 0 aliphatic rings. The number of benzene rings is 2. The Morgan fingerprint density at radius 1 is 1.17 bits per heavy atom. The zero-order valence-corrected chi connectivity index (χ0v) is 14.0. The first-order valence-corrected chi connectivity index (χ1v) is 8.64. The van der Waals surface area contributed by atoms with Crippen LogP contribution < -0.4 is 10.1 Å². The Labute approximate surface area is 140 Å². The van der Waals surface area contributed by atoms with Crippen molar-refractivity contribution in [2.45, 2.75) is 24.0 Å². The molecule has 23 heavy (non-hydrogen) atoms. The molecule has 5 heteroatoms. The van der Waals surface area contributed by atoms with Crippen LogP contribution in [0.4, 0.5) is 0 Å². The van der Waals surface area contributed by atoms with Crippen LogP contribution in [-0.2, 0) is 4.79 Å². The predicted molar refractivity (Wildman–Crippen MR) is 92.7 cm³/mol. The second-order valence-corrected chi connectivity index (χ2v) is 5.99. The Morgan fingerprint density at radius 3 is 2.43 bits per heavy atom. The van der Waals surface area contributed by atoms with Gasteiger partial charge in [0.05, 0.1) is 6.10 Å². The van der Waals surface area contributed by atoms with Gasteiger partial charge < -0.3 is 15.2 Å². The summed E-state index contributed by atoms with van der Waals surface area (Å²) in [5.74, 6) is 0.386. The van der Waals surface area contributed by atoms with Gasteiger partial charge >= 0.3 is 0 Å². The van der Waals surface area contributed by atoms with Gasteiger partial charge in [0, 0.05) is 11.4 Å². The van der Waals surface area contributed by atoms with Crippen molar-refractivity contribution >= 4 is 17.7 Å². The Kier molecular flexibility index (Phi) is 6.50. The molecule has 0 bridgehead atoms. The summed E-state index contributed by atoms with van der Waals surface area (Å²) in [6.45, 7) is 1.84. The maximum absolute atomic E-state index is 12.0. The molecule has 2 N–H and O–H groups in total. The van der Waals surface area contributed by atoms with Gasteiger partial charge in [-0.2, -0.15) is 0 Å². The number of hydrogen-bond acceptors (Lipinski definition) is 4. The van der Waals surface area contributed by atoms with Crippen molar-refractivity contribution in [3.63, 3.8) is 0 Å². The van der Waals surface area contributed by atoms with Crippen molar-refractivity contribution in [1.82, 2.24) is 5.32 Å². The van der Waals surface area contributed by atoms with Gasteiger partial charge in [-0.15, -0.1) is 11.8 Å². The van der Waals surface area contributed by atoms with E-state index in [4.69, 9.17) is 4.74 Å². The van der Waals surface area contributed by atoms with Crippen molar-refractivity contribution < 1.29 is 14.6 Å². The van der Waals surface area contributed by atoms with Gasteiger partial charge in [0.15, 0.2) is 6.10 Å². The van der Waals surface area contributed by atoms with Gasteiger partial charge in [-0.3, -0.25) is 4.79 Å². The smallest absolute Gasteiger partial charge is 0.260 e. The molecule has 0 fully saturated rings. The lowest BCUT2D eigenvalue weighted by molar-refractivity contribution is -0.127. The molecule has 0 unspecified atom stereocenters. The maximum Gasteiger partial charge on any atom is 0.260 e. The zero-order valence-electron chi connectivity index (χ0n) is 13.2. The SMILES string of the molecule is CSc1ccc([C@H](O)CNC(=O)[C@@H](C)Oc2ccccc2)cc1. The van der Waals surface area contributed by atoms with Crippen molar-refractivity contribution in [3.8, 4) is 5.75 Å². The highest BCUT2D eigenvalue weighted by atomic mass is 32.2. The molecule has 0 aromatic heterocycles. The second kappa shape index (κ2) is 8.60. The molecule has 0 radical (unpaired) electrons. The topological polar surface area (TPSA) is 58.6 Å². The first-order valence-electron chi connectivity index (χ1n) is 7.41. The third-order valence-corrected chi connectivity index (χ3v) is 4.14. The number of nitrogens with one attached hydrogen (secondary N) is 1. The number of para-hydroxylation sites is 1. The fraction of sp³-hybridized carbons (Fsp3) is 0.278. The minimum Gasteiger partial charge on any atom is -0.481 e. The van der Waals surface area contributed by atoms with Crippen LogP contribution in [0, 0.1) is 0 Å². The number of aliphatic hydroxyl groups is 1. The molecular formula is C18H21NO3S. The summed E-state index contributed by atoms with van der Waals surface area (Å²) in [5, 5.41) is 12.9. The van der Waals surface area contributed by atoms with E-state index in [-0.39, 0.29) is 12.5 Å². The molecule has 4 nitrogen and oxygen atoms in total. The van der Waals surface area contributed by atoms with E-state index >= 15 is 0 Å². The van der Waals surface area contributed by atoms with E-state index < -0.39 is 12.2 Å². The highest BCUT2D eigenvalue weighted by molar-refractivity contribution is 7.98. The number of carbonyl (C=O) groups is 1. The van der Waals surface area contributed by atoms with E-state index in [0.29, 0.717) is 5.75 Å².